The zero-order valence-electron chi connectivity index (χ0n) is 9.27. The summed E-state index contributed by atoms with van der Waals surface area (Å²) in [5.41, 5.74) is 0. The van der Waals surface area contributed by atoms with Crippen LogP contribution in [0, 0.1) is 0 Å². The summed E-state index contributed by atoms with van der Waals surface area (Å²) >= 11 is 25.0. The van der Waals surface area contributed by atoms with Crippen LogP contribution in [0.5, 0.6) is 0 Å². The Morgan fingerprint density at radius 3 is 1.71 bits per heavy atom. The minimum Gasteiger partial charge on any atom is -0.164 e. The summed E-state index contributed by atoms with van der Waals surface area (Å²) in [7, 11) is 0. The van der Waals surface area contributed by atoms with Crippen LogP contribution >= 0.6 is 97.6 Å². The third-order valence-corrected chi connectivity index (χ3v) is 10.4. The molecule has 2 fully saturated rings. The molecular formula is C9H18S8. The van der Waals surface area contributed by atoms with Crippen molar-refractivity contribution >= 4 is 97.6 Å². The lowest BCUT2D eigenvalue weighted by atomic mass is 10.5. The molecule has 0 N–H and O–H groups in total. The van der Waals surface area contributed by atoms with E-state index in [2.05, 4.69) is 50.5 Å². The maximum atomic E-state index is 4.31. The SMILES string of the molecule is SC(S)C1CSCCS1.SC1CSC(S)CS1. The monoisotopic (exact) mass is 382 g/mol. The van der Waals surface area contributed by atoms with E-state index in [4.69, 9.17) is 0 Å². The van der Waals surface area contributed by atoms with E-state index in [-0.39, 0.29) is 4.58 Å². The first-order valence-electron chi connectivity index (χ1n) is 5.24. The van der Waals surface area contributed by atoms with Crippen molar-refractivity contribution in [2.24, 2.45) is 0 Å². The number of rotatable bonds is 1. The molecule has 0 aromatic carbocycles. The highest BCUT2D eigenvalue weighted by Crippen LogP contribution is 2.33. The molecule has 0 saturated carbocycles. The topological polar surface area (TPSA) is 0 Å². The fourth-order valence-electron chi connectivity index (χ4n) is 1.16. The highest BCUT2D eigenvalue weighted by molar-refractivity contribution is 8.18. The first-order chi connectivity index (χ1) is 8.09. The highest BCUT2D eigenvalue weighted by atomic mass is 32.2. The summed E-state index contributed by atoms with van der Waals surface area (Å²) in [5, 5.41) is 0.662. The Hall–Kier alpha value is 2.80. The lowest BCUT2D eigenvalue weighted by Gasteiger charge is -2.22. The van der Waals surface area contributed by atoms with Crippen molar-refractivity contribution in [2.45, 2.75) is 19.0 Å². The van der Waals surface area contributed by atoms with Crippen molar-refractivity contribution in [3.63, 3.8) is 0 Å². The Morgan fingerprint density at radius 2 is 1.41 bits per heavy atom. The molecule has 3 unspecified atom stereocenters. The summed E-state index contributed by atoms with van der Waals surface area (Å²) in [6.45, 7) is 0. The largest absolute Gasteiger partial charge is 0.164 e. The summed E-state index contributed by atoms with van der Waals surface area (Å²) in [4.78, 5) is 0. The Labute approximate surface area is 144 Å². The minimum atomic E-state index is 0.266. The van der Waals surface area contributed by atoms with Crippen LogP contribution in [0.1, 0.15) is 0 Å². The Morgan fingerprint density at radius 1 is 0.824 bits per heavy atom. The van der Waals surface area contributed by atoms with Crippen molar-refractivity contribution < 1.29 is 0 Å². The van der Waals surface area contributed by atoms with Crippen LogP contribution in [0.25, 0.3) is 0 Å². The van der Waals surface area contributed by atoms with Gasteiger partial charge in [-0.05, 0) is 0 Å². The van der Waals surface area contributed by atoms with Gasteiger partial charge in [0.25, 0.3) is 0 Å². The van der Waals surface area contributed by atoms with Crippen molar-refractivity contribution in [1.29, 1.82) is 0 Å². The first-order valence-corrected chi connectivity index (χ1v) is 11.6. The molecule has 0 spiro atoms. The van der Waals surface area contributed by atoms with Crippen LogP contribution in [0.3, 0.4) is 0 Å². The molecule has 8 heteroatoms. The van der Waals surface area contributed by atoms with Crippen molar-refractivity contribution in [1.82, 2.24) is 0 Å². The summed E-state index contributed by atoms with van der Waals surface area (Å²) in [5.74, 6) is 6.08. The number of thiol groups is 4. The molecular weight excluding hydrogens is 365 g/mol. The predicted octanol–water partition coefficient (Wildman–Crippen LogP) is 4.00. The van der Waals surface area contributed by atoms with Gasteiger partial charge in [0.15, 0.2) is 0 Å². The molecule has 102 valence electrons. The van der Waals surface area contributed by atoms with Crippen LogP contribution in [0.2, 0.25) is 0 Å². The number of hydrogen-bond donors (Lipinski definition) is 4. The van der Waals surface area contributed by atoms with Gasteiger partial charge in [0.2, 0.25) is 0 Å². The average Bonchev–Trinajstić information content (AvgIpc) is 2.35. The normalized spacial score (nSPS) is 34.1. The van der Waals surface area contributed by atoms with Crippen LogP contribution in [0.4, 0.5) is 0 Å². The number of thioether (sulfide) groups is 4. The minimum absolute atomic E-state index is 0.266. The van der Waals surface area contributed by atoms with Crippen molar-refractivity contribution in [3.8, 4) is 0 Å². The molecule has 2 rings (SSSR count). The molecule has 0 bridgehead atoms. The summed E-state index contributed by atoms with van der Waals surface area (Å²) < 4.78 is 1.36. The van der Waals surface area contributed by atoms with E-state index < -0.39 is 0 Å². The molecule has 17 heavy (non-hydrogen) atoms. The van der Waals surface area contributed by atoms with Gasteiger partial charge in [0.1, 0.15) is 0 Å². The third kappa shape index (κ3) is 8.63. The second kappa shape index (κ2) is 10.5. The van der Waals surface area contributed by atoms with Crippen LogP contribution in [-0.4, -0.2) is 47.8 Å². The summed E-state index contributed by atoms with van der Waals surface area (Å²) in [6, 6.07) is 0. The zero-order chi connectivity index (χ0) is 12.7. The molecule has 2 aliphatic heterocycles. The van der Waals surface area contributed by atoms with E-state index in [0.717, 1.165) is 11.5 Å². The molecule has 2 heterocycles. The van der Waals surface area contributed by atoms with Gasteiger partial charge in [-0.25, -0.2) is 0 Å². The Kier molecular flexibility index (Phi) is 11.0. The molecule has 0 radical (unpaired) electrons. The second-order valence-electron chi connectivity index (χ2n) is 3.47. The lowest BCUT2D eigenvalue weighted by molar-refractivity contribution is 1.09. The Balaban J connectivity index is 0.000000171. The van der Waals surface area contributed by atoms with Gasteiger partial charge in [0.05, 0.1) is 13.7 Å². The second-order valence-corrected chi connectivity index (χ2v) is 11.9. The smallest absolute Gasteiger partial charge is 0.0568 e. The van der Waals surface area contributed by atoms with Crippen molar-refractivity contribution in [3.05, 3.63) is 0 Å². The van der Waals surface area contributed by atoms with Gasteiger partial charge >= 0.3 is 0 Å². The van der Waals surface area contributed by atoms with E-state index in [1.165, 1.54) is 17.3 Å². The van der Waals surface area contributed by atoms with Gasteiger partial charge in [-0.2, -0.15) is 74.0 Å². The van der Waals surface area contributed by atoms with Crippen LogP contribution in [0.15, 0.2) is 0 Å². The van der Waals surface area contributed by atoms with E-state index in [9.17, 15) is 0 Å². The highest BCUT2D eigenvalue weighted by Gasteiger charge is 2.18. The van der Waals surface area contributed by atoms with Crippen LogP contribution < -0.4 is 0 Å². The van der Waals surface area contributed by atoms with Crippen molar-refractivity contribution in [2.75, 3.05) is 28.8 Å². The van der Waals surface area contributed by atoms with E-state index in [1.807, 2.05) is 47.0 Å². The van der Waals surface area contributed by atoms with Crippen LogP contribution in [-0.2, 0) is 0 Å². The molecule has 0 amide bonds. The molecule has 3 atom stereocenters. The van der Waals surface area contributed by atoms with Gasteiger partial charge in [0, 0.05) is 34.0 Å². The summed E-state index contributed by atoms with van der Waals surface area (Å²) in [6.07, 6.45) is 0. The van der Waals surface area contributed by atoms with Gasteiger partial charge in [-0.1, -0.05) is 0 Å². The predicted molar refractivity (Wildman–Crippen MR) is 106 cm³/mol. The fourth-order valence-corrected chi connectivity index (χ4v) is 7.82. The average molecular weight is 383 g/mol. The third-order valence-electron chi connectivity index (χ3n) is 2.04. The van der Waals surface area contributed by atoms with E-state index in [1.54, 1.807) is 0 Å². The number of hydrogen-bond acceptors (Lipinski definition) is 8. The van der Waals surface area contributed by atoms with Gasteiger partial charge in [-0.15, -0.1) is 23.5 Å². The molecule has 0 aromatic heterocycles. The van der Waals surface area contributed by atoms with E-state index >= 15 is 0 Å². The van der Waals surface area contributed by atoms with Gasteiger partial charge < -0.3 is 0 Å². The molecule has 0 nitrogen and oxygen atoms in total. The van der Waals surface area contributed by atoms with Gasteiger partial charge in [-0.3, -0.25) is 0 Å². The Bertz CT molecular complexity index is 175. The molecule has 0 aromatic rings. The molecule has 2 aliphatic rings. The standard InChI is InChI=1S/C5H10S4.C4H8S4/c6-5(7)4-3-8-1-2-9-4;5-3-1-7-4(6)2-8-3/h4-7H,1-3H2;3-6H,1-2H2. The zero-order valence-corrected chi connectivity index (χ0v) is 16.1. The molecule has 2 saturated heterocycles. The van der Waals surface area contributed by atoms with E-state index in [0.29, 0.717) is 14.4 Å². The first kappa shape index (κ1) is 17.9. The fraction of sp³-hybridized carbons (Fsp3) is 1.00. The molecule has 0 aliphatic carbocycles. The quantitative estimate of drug-likeness (QED) is 0.399. The lowest BCUT2D eigenvalue weighted by Crippen LogP contribution is -2.20. The maximum absolute atomic E-state index is 4.31. The maximum Gasteiger partial charge on any atom is 0.0568 e.